The van der Waals surface area contributed by atoms with Gasteiger partial charge in [0, 0.05) is 12.1 Å². The molecule has 3 nitrogen and oxygen atoms in total. The molecule has 0 saturated carbocycles. The molecule has 0 aliphatic heterocycles. The Morgan fingerprint density at radius 3 is 2.45 bits per heavy atom. The summed E-state index contributed by atoms with van der Waals surface area (Å²) in [5, 5.41) is 0. The largest absolute Gasteiger partial charge is 0.278 e. The van der Waals surface area contributed by atoms with Crippen LogP contribution in [0.1, 0.15) is 6.92 Å². The molecule has 0 heterocycles. The lowest BCUT2D eigenvalue weighted by Crippen LogP contribution is -2.29. The van der Waals surface area contributed by atoms with Crippen molar-refractivity contribution in [3.05, 3.63) is 24.8 Å². The average molecular weight is 153 g/mol. The summed E-state index contributed by atoms with van der Waals surface area (Å²) in [5.74, 6) is -0.361. The monoisotopic (exact) mass is 153 g/mol. The molecular weight excluding hydrogens is 142 g/mol. The quantitative estimate of drug-likeness (QED) is 0.339. The predicted octanol–water partition coefficient (Wildman–Crippen LogP) is 0.733. The van der Waals surface area contributed by atoms with Crippen molar-refractivity contribution in [1.29, 1.82) is 0 Å². The summed E-state index contributed by atoms with van der Waals surface area (Å²) in [4.78, 5) is 22.3. The van der Waals surface area contributed by atoms with Gasteiger partial charge in [0.15, 0.2) is 0 Å². The molecule has 0 radical (unpaired) electrons. The lowest BCUT2D eigenvalue weighted by Gasteiger charge is -2.11. The summed E-state index contributed by atoms with van der Waals surface area (Å²) < 4.78 is 0. The Labute approximate surface area is 66.0 Å². The Hall–Kier alpha value is -1.38. The minimum atomic E-state index is -0.361. The predicted molar refractivity (Wildman–Crippen MR) is 42.8 cm³/mol. The first kappa shape index (κ1) is 9.62. The van der Waals surface area contributed by atoms with Crippen LogP contribution in [0.15, 0.2) is 24.8 Å². The lowest BCUT2D eigenvalue weighted by atomic mass is 10.3. The number of rotatable bonds is 4. The highest BCUT2D eigenvalue weighted by Crippen LogP contribution is 1.95. The summed E-state index contributed by atoms with van der Waals surface area (Å²) in [6, 6.07) is 0. The van der Waals surface area contributed by atoms with Crippen LogP contribution in [0.4, 0.5) is 0 Å². The molecule has 0 aliphatic carbocycles. The van der Waals surface area contributed by atoms with Gasteiger partial charge < -0.3 is 0 Å². The Bertz CT molecular complexity index is 196. The van der Waals surface area contributed by atoms with Gasteiger partial charge in [-0.15, -0.1) is 6.58 Å². The number of hydrogen-bond acceptors (Lipinski definition) is 2. The van der Waals surface area contributed by atoms with Gasteiger partial charge in [0.05, 0.1) is 0 Å². The fourth-order valence-electron chi connectivity index (χ4n) is 0.558. The molecule has 2 amide bonds. The average Bonchev–Trinajstić information content (AvgIpc) is 1.98. The number of carbonyl (C=O) groups is 2. The molecule has 0 fully saturated rings. The summed E-state index contributed by atoms with van der Waals surface area (Å²) in [7, 11) is 0. The van der Waals surface area contributed by atoms with E-state index < -0.39 is 0 Å². The van der Waals surface area contributed by atoms with Gasteiger partial charge in [-0.1, -0.05) is 12.7 Å². The van der Waals surface area contributed by atoms with E-state index in [1.54, 1.807) is 6.92 Å². The van der Waals surface area contributed by atoms with Crippen LogP contribution in [0.3, 0.4) is 0 Å². The van der Waals surface area contributed by atoms with E-state index in [9.17, 15) is 9.59 Å². The second-order valence-corrected chi connectivity index (χ2v) is 2.13. The zero-order valence-corrected chi connectivity index (χ0v) is 6.54. The highest BCUT2D eigenvalue weighted by molar-refractivity contribution is 5.98. The van der Waals surface area contributed by atoms with Gasteiger partial charge in [-0.2, -0.15) is 0 Å². The van der Waals surface area contributed by atoms with Crippen molar-refractivity contribution in [2.45, 2.75) is 6.92 Å². The first-order chi connectivity index (χ1) is 5.13. The zero-order valence-electron chi connectivity index (χ0n) is 6.54. The number of nitrogens with zero attached hydrogens (tertiary/aromatic N) is 1. The second kappa shape index (κ2) is 4.44. The molecule has 11 heavy (non-hydrogen) atoms. The van der Waals surface area contributed by atoms with E-state index in [1.807, 2.05) is 0 Å². The SMILES string of the molecule is C=CCN(C=O)C(=O)C(=C)C. The lowest BCUT2D eigenvalue weighted by molar-refractivity contribution is -0.134. The van der Waals surface area contributed by atoms with Gasteiger partial charge in [-0.05, 0) is 6.92 Å². The maximum atomic E-state index is 11.0. The number of imide groups is 1. The van der Waals surface area contributed by atoms with Crippen molar-refractivity contribution in [3.8, 4) is 0 Å². The van der Waals surface area contributed by atoms with E-state index in [4.69, 9.17) is 0 Å². The highest BCUT2D eigenvalue weighted by atomic mass is 16.2. The van der Waals surface area contributed by atoms with Gasteiger partial charge >= 0.3 is 0 Å². The van der Waals surface area contributed by atoms with Crippen molar-refractivity contribution in [3.63, 3.8) is 0 Å². The van der Waals surface area contributed by atoms with Crippen LogP contribution in [-0.4, -0.2) is 23.8 Å². The van der Waals surface area contributed by atoms with Crippen molar-refractivity contribution < 1.29 is 9.59 Å². The Morgan fingerprint density at radius 2 is 2.18 bits per heavy atom. The van der Waals surface area contributed by atoms with Crippen LogP contribution in [0.2, 0.25) is 0 Å². The molecule has 60 valence electrons. The molecular formula is C8H11NO2. The molecule has 0 bridgehead atoms. The van der Waals surface area contributed by atoms with Crippen LogP contribution in [0.25, 0.3) is 0 Å². The first-order valence-electron chi connectivity index (χ1n) is 3.16. The van der Waals surface area contributed by atoms with Crippen molar-refractivity contribution >= 4 is 12.3 Å². The summed E-state index contributed by atoms with van der Waals surface area (Å²) in [5.41, 5.74) is 0.346. The standard InChI is InChI=1S/C8H11NO2/c1-4-5-9(6-10)8(11)7(2)3/h4,6H,1-2,5H2,3H3. The fourth-order valence-corrected chi connectivity index (χ4v) is 0.558. The van der Waals surface area contributed by atoms with Crippen molar-refractivity contribution in [2.75, 3.05) is 6.54 Å². The molecule has 3 heteroatoms. The maximum Gasteiger partial charge on any atom is 0.255 e. The third-order valence-electron chi connectivity index (χ3n) is 1.08. The third kappa shape index (κ3) is 2.80. The molecule has 0 rings (SSSR count). The smallest absolute Gasteiger partial charge is 0.255 e. The second-order valence-electron chi connectivity index (χ2n) is 2.13. The van der Waals surface area contributed by atoms with Crippen LogP contribution in [0, 0.1) is 0 Å². The van der Waals surface area contributed by atoms with Gasteiger partial charge in [-0.25, -0.2) is 0 Å². The van der Waals surface area contributed by atoms with E-state index in [-0.39, 0.29) is 12.5 Å². The van der Waals surface area contributed by atoms with E-state index in [2.05, 4.69) is 13.2 Å². The molecule has 0 unspecified atom stereocenters. The highest BCUT2D eigenvalue weighted by Gasteiger charge is 2.09. The molecule has 0 aromatic heterocycles. The topological polar surface area (TPSA) is 37.4 Å². The normalized spacial score (nSPS) is 8.45. The number of hydrogen-bond donors (Lipinski definition) is 0. The van der Waals surface area contributed by atoms with Gasteiger partial charge in [0.2, 0.25) is 6.41 Å². The number of carbonyl (C=O) groups excluding carboxylic acids is 2. The molecule has 0 spiro atoms. The fraction of sp³-hybridized carbons (Fsp3) is 0.250. The maximum absolute atomic E-state index is 11.0. The first-order valence-corrected chi connectivity index (χ1v) is 3.16. The van der Waals surface area contributed by atoms with Crippen LogP contribution < -0.4 is 0 Å². The van der Waals surface area contributed by atoms with Crippen molar-refractivity contribution in [2.24, 2.45) is 0 Å². The van der Waals surface area contributed by atoms with Gasteiger partial charge in [-0.3, -0.25) is 14.5 Å². The summed E-state index contributed by atoms with van der Waals surface area (Å²) >= 11 is 0. The van der Waals surface area contributed by atoms with Crippen LogP contribution in [-0.2, 0) is 9.59 Å². The van der Waals surface area contributed by atoms with E-state index in [1.165, 1.54) is 6.08 Å². The summed E-state index contributed by atoms with van der Waals surface area (Å²) in [6.07, 6.45) is 1.95. The van der Waals surface area contributed by atoms with Crippen LogP contribution in [0.5, 0.6) is 0 Å². The third-order valence-corrected chi connectivity index (χ3v) is 1.08. The number of amides is 2. The Balaban J connectivity index is 4.24. The molecule has 0 atom stereocenters. The van der Waals surface area contributed by atoms with E-state index >= 15 is 0 Å². The zero-order chi connectivity index (χ0) is 8.85. The van der Waals surface area contributed by atoms with E-state index in [0.29, 0.717) is 12.0 Å². The molecule has 0 N–H and O–H groups in total. The molecule has 0 saturated heterocycles. The summed E-state index contributed by atoms with van der Waals surface area (Å²) in [6.45, 7) is 8.62. The minimum Gasteiger partial charge on any atom is -0.278 e. The Morgan fingerprint density at radius 1 is 1.64 bits per heavy atom. The van der Waals surface area contributed by atoms with Crippen molar-refractivity contribution in [1.82, 2.24) is 4.90 Å². The Kier molecular flexibility index (Phi) is 3.88. The molecule has 0 aromatic rings. The van der Waals surface area contributed by atoms with Gasteiger partial charge in [0.1, 0.15) is 0 Å². The van der Waals surface area contributed by atoms with E-state index in [0.717, 1.165) is 4.90 Å². The molecule has 0 aromatic carbocycles. The molecule has 0 aliphatic rings. The van der Waals surface area contributed by atoms with Crippen LogP contribution >= 0.6 is 0 Å². The minimum absolute atomic E-state index is 0.231. The van der Waals surface area contributed by atoms with Gasteiger partial charge in [0.25, 0.3) is 5.91 Å².